The highest BCUT2D eigenvalue weighted by Crippen LogP contribution is 2.19. The molecule has 0 aromatic heterocycles. The predicted octanol–water partition coefficient (Wildman–Crippen LogP) is 0.957. The molecular formula is C14H31N3O3S. The van der Waals surface area contributed by atoms with Crippen LogP contribution in [0.15, 0.2) is 0 Å². The molecule has 0 saturated carbocycles. The van der Waals surface area contributed by atoms with Gasteiger partial charge in [0.05, 0.1) is 0 Å². The monoisotopic (exact) mass is 321 g/mol. The van der Waals surface area contributed by atoms with Gasteiger partial charge < -0.3 is 10.1 Å². The zero-order chi connectivity index (χ0) is 15.7. The molecule has 2 unspecified atom stereocenters. The van der Waals surface area contributed by atoms with Crippen molar-refractivity contribution in [2.24, 2.45) is 5.92 Å². The zero-order valence-electron chi connectivity index (χ0n) is 13.6. The van der Waals surface area contributed by atoms with Crippen molar-refractivity contribution in [3.05, 3.63) is 0 Å². The topological polar surface area (TPSA) is 70.7 Å². The highest BCUT2D eigenvalue weighted by molar-refractivity contribution is 7.87. The van der Waals surface area contributed by atoms with Gasteiger partial charge in [-0.15, -0.1) is 0 Å². The molecule has 0 aromatic carbocycles. The molecule has 1 rings (SSSR count). The van der Waals surface area contributed by atoms with Gasteiger partial charge in [-0.3, -0.25) is 0 Å². The Morgan fingerprint density at radius 1 is 1.38 bits per heavy atom. The van der Waals surface area contributed by atoms with Crippen molar-refractivity contribution in [3.8, 4) is 0 Å². The molecule has 1 aliphatic rings. The number of rotatable bonds is 10. The first-order valence-electron chi connectivity index (χ1n) is 7.97. The fourth-order valence-corrected chi connectivity index (χ4v) is 4.22. The summed E-state index contributed by atoms with van der Waals surface area (Å²) in [5.41, 5.74) is 0. The molecule has 1 saturated heterocycles. The fourth-order valence-electron chi connectivity index (χ4n) is 2.61. The van der Waals surface area contributed by atoms with Crippen LogP contribution >= 0.6 is 0 Å². The SMILES string of the molecule is CCCNCC1CCCCN1S(=O)(=O)NCC(C)COC. The van der Waals surface area contributed by atoms with E-state index in [2.05, 4.69) is 17.0 Å². The van der Waals surface area contributed by atoms with E-state index in [0.29, 0.717) is 19.7 Å². The van der Waals surface area contributed by atoms with Crippen molar-refractivity contribution >= 4 is 10.2 Å². The first kappa shape index (κ1) is 18.8. The van der Waals surface area contributed by atoms with Crippen LogP contribution in [0.1, 0.15) is 39.5 Å². The van der Waals surface area contributed by atoms with Crippen molar-refractivity contribution in [2.45, 2.75) is 45.6 Å². The molecule has 2 N–H and O–H groups in total. The summed E-state index contributed by atoms with van der Waals surface area (Å²) in [4.78, 5) is 0. The molecule has 1 heterocycles. The number of methoxy groups -OCH3 is 1. The van der Waals surface area contributed by atoms with Gasteiger partial charge in [0.15, 0.2) is 0 Å². The molecule has 0 aliphatic carbocycles. The fraction of sp³-hybridized carbons (Fsp3) is 1.00. The maximum atomic E-state index is 12.5. The Morgan fingerprint density at radius 3 is 2.81 bits per heavy atom. The molecule has 0 amide bonds. The molecule has 1 fully saturated rings. The van der Waals surface area contributed by atoms with Crippen LogP contribution in [-0.4, -0.2) is 58.7 Å². The number of ether oxygens (including phenoxy) is 1. The lowest BCUT2D eigenvalue weighted by molar-refractivity contribution is 0.160. The van der Waals surface area contributed by atoms with E-state index < -0.39 is 10.2 Å². The summed E-state index contributed by atoms with van der Waals surface area (Å²) in [5.74, 6) is 0.172. The lowest BCUT2D eigenvalue weighted by Crippen LogP contribution is -2.53. The van der Waals surface area contributed by atoms with Crippen molar-refractivity contribution in [1.82, 2.24) is 14.3 Å². The van der Waals surface area contributed by atoms with E-state index in [4.69, 9.17) is 4.74 Å². The third-order valence-corrected chi connectivity index (χ3v) is 5.38. The van der Waals surface area contributed by atoms with Crippen LogP contribution < -0.4 is 10.0 Å². The second kappa shape index (κ2) is 9.74. The Balaban J connectivity index is 2.55. The van der Waals surface area contributed by atoms with Gasteiger partial charge in [0.2, 0.25) is 0 Å². The third kappa shape index (κ3) is 6.61. The average Bonchev–Trinajstić information content (AvgIpc) is 2.46. The minimum atomic E-state index is -3.40. The smallest absolute Gasteiger partial charge is 0.279 e. The Kier molecular flexibility index (Phi) is 8.73. The molecule has 0 aromatic rings. The van der Waals surface area contributed by atoms with Gasteiger partial charge in [0, 0.05) is 39.4 Å². The van der Waals surface area contributed by atoms with Gasteiger partial charge in [-0.2, -0.15) is 12.7 Å². The maximum absolute atomic E-state index is 12.5. The van der Waals surface area contributed by atoms with Gasteiger partial charge in [0.25, 0.3) is 10.2 Å². The quantitative estimate of drug-likeness (QED) is 0.588. The first-order valence-corrected chi connectivity index (χ1v) is 9.41. The summed E-state index contributed by atoms with van der Waals surface area (Å²) in [6.45, 7) is 7.35. The van der Waals surface area contributed by atoms with E-state index in [1.165, 1.54) is 0 Å². The van der Waals surface area contributed by atoms with Crippen LogP contribution in [0.3, 0.4) is 0 Å². The number of hydrogen-bond acceptors (Lipinski definition) is 4. The summed E-state index contributed by atoms with van der Waals surface area (Å²) in [6, 6.07) is 0.0699. The summed E-state index contributed by atoms with van der Waals surface area (Å²) in [6.07, 6.45) is 4.04. The molecule has 0 radical (unpaired) electrons. The van der Waals surface area contributed by atoms with E-state index in [0.717, 1.165) is 38.8 Å². The molecule has 6 nitrogen and oxygen atoms in total. The summed E-state index contributed by atoms with van der Waals surface area (Å²) < 4.78 is 34.4. The Bertz CT molecular complexity index is 376. The van der Waals surface area contributed by atoms with Crippen LogP contribution in [0.2, 0.25) is 0 Å². The van der Waals surface area contributed by atoms with Gasteiger partial charge in [-0.05, 0) is 31.7 Å². The number of nitrogens with zero attached hydrogens (tertiary/aromatic N) is 1. The van der Waals surface area contributed by atoms with Crippen LogP contribution in [0.4, 0.5) is 0 Å². The van der Waals surface area contributed by atoms with Gasteiger partial charge in [0.1, 0.15) is 0 Å². The molecular weight excluding hydrogens is 290 g/mol. The van der Waals surface area contributed by atoms with Crippen LogP contribution in [0, 0.1) is 5.92 Å². The second-order valence-electron chi connectivity index (χ2n) is 5.88. The highest BCUT2D eigenvalue weighted by atomic mass is 32.2. The Labute approximate surface area is 129 Å². The average molecular weight is 321 g/mol. The molecule has 7 heteroatoms. The van der Waals surface area contributed by atoms with E-state index in [9.17, 15) is 8.42 Å². The summed E-state index contributed by atoms with van der Waals surface area (Å²) >= 11 is 0. The number of nitrogens with one attached hydrogen (secondary N) is 2. The zero-order valence-corrected chi connectivity index (χ0v) is 14.4. The predicted molar refractivity (Wildman–Crippen MR) is 85.5 cm³/mol. The van der Waals surface area contributed by atoms with E-state index in [1.54, 1.807) is 11.4 Å². The van der Waals surface area contributed by atoms with E-state index >= 15 is 0 Å². The maximum Gasteiger partial charge on any atom is 0.279 e. The molecule has 0 bridgehead atoms. The number of piperidine rings is 1. The van der Waals surface area contributed by atoms with E-state index in [1.807, 2.05) is 6.92 Å². The van der Waals surface area contributed by atoms with Crippen LogP contribution in [0.5, 0.6) is 0 Å². The van der Waals surface area contributed by atoms with Gasteiger partial charge in [-0.1, -0.05) is 20.3 Å². The van der Waals surface area contributed by atoms with Crippen molar-refractivity contribution in [2.75, 3.05) is 39.9 Å². The normalized spacial score (nSPS) is 22.3. The number of hydrogen-bond donors (Lipinski definition) is 2. The lowest BCUT2D eigenvalue weighted by atomic mass is 10.1. The van der Waals surface area contributed by atoms with Crippen molar-refractivity contribution in [1.29, 1.82) is 0 Å². The largest absolute Gasteiger partial charge is 0.384 e. The van der Waals surface area contributed by atoms with E-state index in [-0.39, 0.29) is 12.0 Å². The van der Waals surface area contributed by atoms with Crippen molar-refractivity contribution in [3.63, 3.8) is 0 Å². The third-order valence-electron chi connectivity index (χ3n) is 3.75. The lowest BCUT2D eigenvalue weighted by Gasteiger charge is -2.35. The van der Waals surface area contributed by atoms with Crippen LogP contribution in [0.25, 0.3) is 0 Å². The molecule has 21 heavy (non-hydrogen) atoms. The Hall–Kier alpha value is -0.210. The van der Waals surface area contributed by atoms with Crippen LogP contribution in [-0.2, 0) is 14.9 Å². The van der Waals surface area contributed by atoms with Gasteiger partial charge in [-0.25, -0.2) is 4.72 Å². The van der Waals surface area contributed by atoms with Gasteiger partial charge >= 0.3 is 0 Å². The van der Waals surface area contributed by atoms with Crippen molar-refractivity contribution < 1.29 is 13.2 Å². The standard InChI is InChI=1S/C14H31N3O3S/c1-4-8-15-11-14-7-5-6-9-17(14)21(18,19)16-10-13(2)12-20-3/h13-16H,4-12H2,1-3H3. The Morgan fingerprint density at radius 2 is 2.14 bits per heavy atom. The minimum Gasteiger partial charge on any atom is -0.384 e. The molecule has 2 atom stereocenters. The summed E-state index contributed by atoms with van der Waals surface area (Å²) in [7, 11) is -1.77. The first-order chi connectivity index (χ1) is 10.0. The molecule has 0 spiro atoms. The highest BCUT2D eigenvalue weighted by Gasteiger charge is 2.31. The minimum absolute atomic E-state index is 0.0699. The second-order valence-corrected chi connectivity index (χ2v) is 7.59. The molecule has 126 valence electrons. The summed E-state index contributed by atoms with van der Waals surface area (Å²) in [5, 5.41) is 3.34. The molecule has 1 aliphatic heterocycles.